The van der Waals surface area contributed by atoms with E-state index in [1.165, 1.54) is 0 Å². The quantitative estimate of drug-likeness (QED) is 0.884. The summed E-state index contributed by atoms with van der Waals surface area (Å²) in [7, 11) is -1.32. The number of hydrogen-bond donors (Lipinski definition) is 1. The van der Waals surface area contributed by atoms with Gasteiger partial charge in [0.25, 0.3) is 0 Å². The highest BCUT2D eigenvalue weighted by molar-refractivity contribution is 7.89. The molecule has 1 heterocycles. The molecule has 6 heteroatoms. The minimum atomic E-state index is -3.44. The van der Waals surface area contributed by atoms with Crippen LogP contribution in [0, 0.1) is 13.8 Å². The minimum Gasteiger partial charge on any atom is -0.304 e. The molecule has 0 aliphatic carbocycles. The predicted octanol–water partition coefficient (Wildman–Crippen LogP) is 1.22. The SMILES string of the molecule is Cc1ccc(S(=O)(=O)NC[C@@H](C)N2CCN(C)CC2)c(C)c1. The third-order valence-electron chi connectivity index (χ3n) is 4.35. The lowest BCUT2D eigenvalue weighted by Gasteiger charge is -2.36. The smallest absolute Gasteiger partial charge is 0.240 e. The first kappa shape index (κ1) is 17.4. The number of sulfonamides is 1. The molecular formula is C16H27N3O2S. The normalized spacial score (nSPS) is 19.3. The number of benzene rings is 1. The first-order chi connectivity index (χ1) is 10.3. The van der Waals surface area contributed by atoms with Gasteiger partial charge in [0.1, 0.15) is 0 Å². The molecule has 0 spiro atoms. The number of piperazine rings is 1. The van der Waals surface area contributed by atoms with E-state index in [0.717, 1.165) is 37.3 Å². The summed E-state index contributed by atoms with van der Waals surface area (Å²) in [5.74, 6) is 0. The summed E-state index contributed by atoms with van der Waals surface area (Å²) in [5, 5.41) is 0. The first-order valence-corrected chi connectivity index (χ1v) is 9.27. The van der Waals surface area contributed by atoms with Gasteiger partial charge < -0.3 is 4.90 Å². The highest BCUT2D eigenvalue weighted by Crippen LogP contribution is 2.16. The number of nitrogens with zero attached hydrogens (tertiary/aromatic N) is 2. The van der Waals surface area contributed by atoms with Gasteiger partial charge >= 0.3 is 0 Å². The van der Waals surface area contributed by atoms with E-state index in [-0.39, 0.29) is 6.04 Å². The summed E-state index contributed by atoms with van der Waals surface area (Å²) in [6.07, 6.45) is 0. The van der Waals surface area contributed by atoms with Crippen molar-refractivity contribution in [2.45, 2.75) is 31.7 Å². The molecule has 0 amide bonds. The fourth-order valence-corrected chi connectivity index (χ4v) is 4.15. The molecule has 124 valence electrons. The van der Waals surface area contributed by atoms with Crippen molar-refractivity contribution in [2.24, 2.45) is 0 Å². The molecule has 2 rings (SSSR count). The maximum absolute atomic E-state index is 12.5. The van der Waals surface area contributed by atoms with Crippen molar-refractivity contribution in [1.29, 1.82) is 0 Å². The Morgan fingerprint density at radius 1 is 1.18 bits per heavy atom. The van der Waals surface area contributed by atoms with Gasteiger partial charge in [0.05, 0.1) is 4.90 Å². The lowest BCUT2D eigenvalue weighted by atomic mass is 10.2. The van der Waals surface area contributed by atoms with Gasteiger partial charge in [-0.25, -0.2) is 13.1 Å². The second-order valence-corrected chi connectivity index (χ2v) is 8.04. The van der Waals surface area contributed by atoms with E-state index >= 15 is 0 Å². The zero-order valence-electron chi connectivity index (χ0n) is 14.0. The molecule has 0 radical (unpaired) electrons. The summed E-state index contributed by atoms with van der Waals surface area (Å²) in [6, 6.07) is 5.63. The van der Waals surface area contributed by atoms with Crippen molar-refractivity contribution < 1.29 is 8.42 Å². The molecule has 0 bridgehead atoms. The van der Waals surface area contributed by atoms with Gasteiger partial charge in [-0.3, -0.25) is 4.90 Å². The maximum Gasteiger partial charge on any atom is 0.240 e. The summed E-state index contributed by atoms with van der Waals surface area (Å²) in [6.45, 7) is 10.4. The molecule has 0 aromatic heterocycles. The minimum absolute atomic E-state index is 0.203. The zero-order valence-corrected chi connectivity index (χ0v) is 14.8. The second kappa shape index (κ2) is 7.08. The van der Waals surface area contributed by atoms with Crippen LogP contribution in [0.25, 0.3) is 0 Å². The van der Waals surface area contributed by atoms with E-state index in [9.17, 15) is 8.42 Å². The summed E-state index contributed by atoms with van der Waals surface area (Å²) in [4.78, 5) is 5.01. The lowest BCUT2D eigenvalue weighted by Crippen LogP contribution is -2.51. The molecule has 1 saturated heterocycles. The van der Waals surface area contributed by atoms with Crippen LogP contribution in [-0.2, 0) is 10.0 Å². The lowest BCUT2D eigenvalue weighted by molar-refractivity contribution is 0.120. The predicted molar refractivity (Wildman–Crippen MR) is 89.6 cm³/mol. The molecular weight excluding hydrogens is 298 g/mol. The summed E-state index contributed by atoms with van der Waals surface area (Å²) in [5.41, 5.74) is 1.86. The van der Waals surface area contributed by atoms with Crippen molar-refractivity contribution in [3.8, 4) is 0 Å². The van der Waals surface area contributed by atoms with Gasteiger partial charge in [-0.05, 0) is 39.4 Å². The van der Waals surface area contributed by atoms with Crippen molar-refractivity contribution >= 4 is 10.0 Å². The Morgan fingerprint density at radius 3 is 2.41 bits per heavy atom. The Balaban J connectivity index is 1.97. The van der Waals surface area contributed by atoms with Crippen molar-refractivity contribution in [1.82, 2.24) is 14.5 Å². The Morgan fingerprint density at radius 2 is 1.82 bits per heavy atom. The number of aryl methyl sites for hydroxylation is 2. The van der Waals surface area contributed by atoms with E-state index < -0.39 is 10.0 Å². The van der Waals surface area contributed by atoms with Gasteiger partial charge in [0.15, 0.2) is 0 Å². The molecule has 1 aromatic rings. The average Bonchev–Trinajstić information content (AvgIpc) is 2.45. The summed E-state index contributed by atoms with van der Waals surface area (Å²) >= 11 is 0. The highest BCUT2D eigenvalue weighted by atomic mass is 32.2. The Kier molecular flexibility index (Phi) is 5.60. The van der Waals surface area contributed by atoms with Crippen LogP contribution in [0.15, 0.2) is 23.1 Å². The zero-order chi connectivity index (χ0) is 16.3. The molecule has 0 unspecified atom stereocenters. The van der Waals surface area contributed by atoms with E-state index in [2.05, 4.69) is 28.5 Å². The van der Waals surface area contributed by atoms with E-state index in [1.54, 1.807) is 6.07 Å². The average molecular weight is 325 g/mol. The largest absolute Gasteiger partial charge is 0.304 e. The van der Waals surface area contributed by atoms with Crippen LogP contribution in [0.2, 0.25) is 0 Å². The van der Waals surface area contributed by atoms with Gasteiger partial charge in [-0.2, -0.15) is 0 Å². The third kappa shape index (κ3) is 4.29. The topological polar surface area (TPSA) is 52.7 Å². The fraction of sp³-hybridized carbons (Fsp3) is 0.625. The van der Waals surface area contributed by atoms with Crippen LogP contribution in [0.3, 0.4) is 0 Å². The van der Waals surface area contributed by atoms with Gasteiger partial charge in [0.2, 0.25) is 10.0 Å². The fourth-order valence-electron chi connectivity index (χ4n) is 2.80. The van der Waals surface area contributed by atoms with Crippen molar-refractivity contribution in [2.75, 3.05) is 39.8 Å². The second-order valence-electron chi connectivity index (χ2n) is 6.31. The first-order valence-electron chi connectivity index (χ1n) is 7.79. The van der Waals surface area contributed by atoms with Crippen molar-refractivity contribution in [3.05, 3.63) is 29.3 Å². The Labute approximate surface area is 134 Å². The van der Waals surface area contributed by atoms with E-state index in [0.29, 0.717) is 11.4 Å². The number of rotatable bonds is 5. The summed E-state index contributed by atoms with van der Waals surface area (Å²) < 4.78 is 27.7. The molecule has 1 aliphatic heterocycles. The molecule has 1 aromatic carbocycles. The highest BCUT2D eigenvalue weighted by Gasteiger charge is 2.22. The maximum atomic E-state index is 12.5. The van der Waals surface area contributed by atoms with Gasteiger partial charge in [0, 0.05) is 38.8 Å². The van der Waals surface area contributed by atoms with Crippen LogP contribution < -0.4 is 4.72 Å². The molecule has 5 nitrogen and oxygen atoms in total. The van der Waals surface area contributed by atoms with Crippen LogP contribution in [0.1, 0.15) is 18.1 Å². The van der Waals surface area contributed by atoms with Crippen LogP contribution in [-0.4, -0.2) is 64.0 Å². The molecule has 1 aliphatic rings. The van der Waals surface area contributed by atoms with Crippen LogP contribution >= 0.6 is 0 Å². The molecule has 22 heavy (non-hydrogen) atoms. The standard InChI is InChI=1S/C16H27N3O2S/c1-13-5-6-16(14(2)11-13)22(20,21)17-12-15(3)19-9-7-18(4)8-10-19/h5-6,11,15,17H,7-10,12H2,1-4H3/t15-/m1/s1. The van der Waals surface area contributed by atoms with Crippen LogP contribution in [0.4, 0.5) is 0 Å². The van der Waals surface area contributed by atoms with Gasteiger partial charge in [-0.15, -0.1) is 0 Å². The number of nitrogens with one attached hydrogen (secondary N) is 1. The number of hydrogen-bond acceptors (Lipinski definition) is 4. The molecule has 1 N–H and O–H groups in total. The molecule has 1 fully saturated rings. The third-order valence-corrected chi connectivity index (χ3v) is 5.93. The van der Waals surface area contributed by atoms with E-state index in [4.69, 9.17) is 0 Å². The monoisotopic (exact) mass is 325 g/mol. The number of likely N-dealkylation sites (N-methyl/N-ethyl adjacent to an activating group) is 1. The van der Waals surface area contributed by atoms with Crippen LogP contribution in [0.5, 0.6) is 0 Å². The molecule has 0 saturated carbocycles. The van der Waals surface area contributed by atoms with E-state index in [1.807, 2.05) is 26.0 Å². The van der Waals surface area contributed by atoms with Gasteiger partial charge in [-0.1, -0.05) is 17.7 Å². The Hall–Kier alpha value is -0.950. The molecule has 1 atom stereocenters. The Bertz CT molecular complexity index is 608. The van der Waals surface area contributed by atoms with Crippen molar-refractivity contribution in [3.63, 3.8) is 0 Å².